The first-order chi connectivity index (χ1) is 9.36. The summed E-state index contributed by atoms with van der Waals surface area (Å²) in [4.78, 5) is 0.282. The van der Waals surface area contributed by atoms with Crippen molar-refractivity contribution in [3.8, 4) is 0 Å². The average Bonchev–Trinajstić information content (AvgIpc) is 2.42. The minimum Gasteiger partial charge on any atom is -0.392 e. The maximum absolute atomic E-state index is 12.5. The highest BCUT2D eigenvalue weighted by Crippen LogP contribution is 2.33. The molecule has 3 N–H and O–H groups in total. The van der Waals surface area contributed by atoms with Crippen LogP contribution in [0.4, 0.5) is 0 Å². The number of hydrogen-bond donors (Lipinski definition) is 2. The van der Waals surface area contributed by atoms with E-state index in [4.69, 9.17) is 18.0 Å². The molecule has 1 heterocycles. The Hall–Kier alpha value is -0.240. The summed E-state index contributed by atoms with van der Waals surface area (Å²) in [5, 5.41) is 0. The van der Waals surface area contributed by atoms with Gasteiger partial charge in [0.25, 0.3) is 10.2 Å². The third-order valence-corrected chi connectivity index (χ3v) is 6.66. The van der Waals surface area contributed by atoms with E-state index < -0.39 is 15.7 Å². The van der Waals surface area contributed by atoms with Crippen LogP contribution in [-0.2, 0) is 10.2 Å². The van der Waals surface area contributed by atoms with Crippen molar-refractivity contribution in [3.63, 3.8) is 0 Å². The fraction of sp³-hybridized carbons (Fsp3) is 0.923. The van der Waals surface area contributed by atoms with E-state index in [1.165, 1.54) is 4.31 Å². The molecule has 0 aromatic rings. The van der Waals surface area contributed by atoms with Gasteiger partial charge in [-0.05, 0) is 44.4 Å². The Labute approximate surface area is 127 Å². The van der Waals surface area contributed by atoms with E-state index in [0.717, 1.165) is 32.1 Å². The van der Waals surface area contributed by atoms with Gasteiger partial charge in [0, 0.05) is 13.1 Å². The molecule has 1 saturated heterocycles. The quantitative estimate of drug-likeness (QED) is 0.771. The molecule has 0 radical (unpaired) electrons. The first-order valence-electron chi connectivity index (χ1n) is 7.45. The van der Waals surface area contributed by atoms with Crippen molar-refractivity contribution in [1.82, 2.24) is 9.03 Å². The van der Waals surface area contributed by atoms with Crippen molar-refractivity contribution in [2.45, 2.75) is 57.4 Å². The predicted molar refractivity (Wildman–Crippen MR) is 84.6 cm³/mol. The third kappa shape index (κ3) is 3.50. The number of rotatable bonds is 4. The number of thiocarbonyl (C=S) groups is 1. The SMILES string of the molecule is CC1CCC(NS(=O)(=O)N2CCCCC2)(C(N)=S)CC1. The second-order valence-corrected chi connectivity index (χ2v) is 8.31. The monoisotopic (exact) mass is 319 g/mol. The predicted octanol–water partition coefficient (Wildman–Crippen LogP) is 1.54. The molecule has 1 aliphatic carbocycles. The summed E-state index contributed by atoms with van der Waals surface area (Å²) >= 11 is 5.17. The number of nitrogens with zero attached hydrogens (tertiary/aromatic N) is 1. The van der Waals surface area contributed by atoms with Gasteiger partial charge in [0.1, 0.15) is 0 Å². The number of piperidine rings is 1. The molecule has 0 aromatic heterocycles. The molecule has 7 heteroatoms. The molecule has 0 atom stereocenters. The lowest BCUT2D eigenvalue weighted by atomic mass is 9.78. The summed E-state index contributed by atoms with van der Waals surface area (Å²) in [5.41, 5.74) is 5.15. The van der Waals surface area contributed by atoms with Crippen LogP contribution in [0.1, 0.15) is 51.9 Å². The molecule has 1 aliphatic heterocycles. The number of nitrogens with two attached hydrogens (primary N) is 1. The first-order valence-corrected chi connectivity index (χ1v) is 9.29. The largest absolute Gasteiger partial charge is 0.392 e. The highest BCUT2D eigenvalue weighted by Gasteiger charge is 2.41. The Morgan fingerprint density at radius 3 is 2.30 bits per heavy atom. The zero-order chi connectivity index (χ0) is 14.8. The fourth-order valence-electron chi connectivity index (χ4n) is 3.07. The summed E-state index contributed by atoms with van der Waals surface area (Å²) < 4.78 is 29.5. The van der Waals surface area contributed by atoms with Crippen LogP contribution < -0.4 is 10.5 Å². The lowest BCUT2D eigenvalue weighted by Gasteiger charge is -2.40. The Kier molecular flexibility index (Phi) is 5.05. The topological polar surface area (TPSA) is 75.4 Å². The molecule has 0 unspecified atom stereocenters. The average molecular weight is 319 g/mol. The van der Waals surface area contributed by atoms with Crippen molar-refractivity contribution in [2.24, 2.45) is 11.7 Å². The highest BCUT2D eigenvalue weighted by atomic mass is 32.2. The Balaban J connectivity index is 2.13. The van der Waals surface area contributed by atoms with Crippen molar-refractivity contribution < 1.29 is 8.42 Å². The summed E-state index contributed by atoms with van der Waals surface area (Å²) in [7, 11) is -3.49. The Bertz CT molecular complexity index is 450. The van der Waals surface area contributed by atoms with Crippen molar-refractivity contribution in [1.29, 1.82) is 0 Å². The van der Waals surface area contributed by atoms with Crippen LogP contribution in [0.5, 0.6) is 0 Å². The van der Waals surface area contributed by atoms with Crippen molar-refractivity contribution >= 4 is 27.4 Å². The van der Waals surface area contributed by atoms with Gasteiger partial charge in [0.2, 0.25) is 0 Å². The Morgan fingerprint density at radius 1 is 1.25 bits per heavy atom. The van der Waals surface area contributed by atoms with Crippen molar-refractivity contribution in [2.75, 3.05) is 13.1 Å². The maximum atomic E-state index is 12.5. The normalized spacial score (nSPS) is 33.0. The molecule has 2 rings (SSSR count). The lowest BCUT2D eigenvalue weighted by Crippen LogP contribution is -2.61. The second kappa shape index (κ2) is 6.25. The van der Waals surface area contributed by atoms with Crippen LogP contribution in [-0.4, -0.2) is 36.3 Å². The molecule has 0 aromatic carbocycles. The number of nitrogens with one attached hydrogen (secondary N) is 1. The van der Waals surface area contributed by atoms with E-state index in [0.29, 0.717) is 31.8 Å². The molecule has 20 heavy (non-hydrogen) atoms. The summed E-state index contributed by atoms with van der Waals surface area (Å²) in [6.45, 7) is 3.38. The molecule has 1 saturated carbocycles. The summed E-state index contributed by atoms with van der Waals surface area (Å²) in [5.74, 6) is 0.608. The molecule has 2 aliphatic rings. The van der Waals surface area contributed by atoms with Gasteiger partial charge >= 0.3 is 0 Å². The van der Waals surface area contributed by atoms with Gasteiger partial charge in [-0.3, -0.25) is 0 Å². The van der Waals surface area contributed by atoms with E-state index in [1.54, 1.807) is 0 Å². The molecule has 0 amide bonds. The van der Waals surface area contributed by atoms with E-state index in [-0.39, 0.29) is 4.99 Å². The van der Waals surface area contributed by atoms with Crippen molar-refractivity contribution in [3.05, 3.63) is 0 Å². The van der Waals surface area contributed by atoms with E-state index >= 15 is 0 Å². The van der Waals surface area contributed by atoms with Gasteiger partial charge in [0.05, 0.1) is 10.5 Å². The molecular weight excluding hydrogens is 294 g/mol. The highest BCUT2D eigenvalue weighted by molar-refractivity contribution is 7.87. The zero-order valence-electron chi connectivity index (χ0n) is 12.1. The minimum atomic E-state index is -3.49. The van der Waals surface area contributed by atoms with Gasteiger partial charge in [0.15, 0.2) is 0 Å². The maximum Gasteiger partial charge on any atom is 0.280 e. The summed E-state index contributed by atoms with van der Waals surface area (Å²) in [6, 6.07) is 0. The Morgan fingerprint density at radius 2 is 1.80 bits per heavy atom. The molecule has 2 fully saturated rings. The van der Waals surface area contributed by atoms with E-state index in [9.17, 15) is 8.42 Å². The smallest absolute Gasteiger partial charge is 0.280 e. The van der Waals surface area contributed by atoms with Gasteiger partial charge in [-0.1, -0.05) is 25.6 Å². The van der Waals surface area contributed by atoms with E-state index in [1.807, 2.05) is 0 Å². The van der Waals surface area contributed by atoms with Gasteiger partial charge in [-0.2, -0.15) is 17.4 Å². The van der Waals surface area contributed by atoms with Crippen LogP contribution >= 0.6 is 12.2 Å². The lowest BCUT2D eigenvalue weighted by molar-refractivity contribution is 0.276. The minimum absolute atomic E-state index is 0.282. The molecule has 0 bridgehead atoms. The van der Waals surface area contributed by atoms with Crippen LogP contribution in [0.15, 0.2) is 0 Å². The zero-order valence-corrected chi connectivity index (χ0v) is 13.7. The van der Waals surface area contributed by atoms with Gasteiger partial charge in [-0.15, -0.1) is 0 Å². The molecule has 0 spiro atoms. The van der Waals surface area contributed by atoms with Crippen LogP contribution in [0.3, 0.4) is 0 Å². The van der Waals surface area contributed by atoms with Gasteiger partial charge < -0.3 is 5.73 Å². The van der Waals surface area contributed by atoms with Crippen LogP contribution in [0.25, 0.3) is 0 Å². The van der Waals surface area contributed by atoms with Crippen LogP contribution in [0.2, 0.25) is 0 Å². The second-order valence-electron chi connectivity index (χ2n) is 6.20. The standard InChI is InChI=1S/C13H25N3O2S2/c1-11-5-7-13(8-6-11,12(14)19)15-20(17,18)16-9-3-2-4-10-16/h11,15H,2-10H2,1H3,(H2,14,19). The van der Waals surface area contributed by atoms with Crippen LogP contribution in [0, 0.1) is 5.92 Å². The van der Waals surface area contributed by atoms with E-state index in [2.05, 4.69) is 11.6 Å². The third-order valence-electron chi connectivity index (χ3n) is 4.58. The molecule has 116 valence electrons. The van der Waals surface area contributed by atoms with Gasteiger partial charge in [-0.25, -0.2) is 0 Å². The molecule has 5 nitrogen and oxygen atoms in total. The molecular formula is C13H25N3O2S2. The number of hydrogen-bond acceptors (Lipinski definition) is 3. The first kappa shape index (κ1) is 16.1. The summed E-state index contributed by atoms with van der Waals surface area (Å²) in [6.07, 6.45) is 6.28. The fourth-order valence-corrected chi connectivity index (χ4v) is 5.07.